The van der Waals surface area contributed by atoms with Crippen LogP contribution in [0.15, 0.2) is 36.4 Å². The molecule has 0 fully saturated rings. The molecule has 0 spiro atoms. The highest BCUT2D eigenvalue weighted by atomic mass is 35.5. The molecule has 4 rings (SSSR count). The van der Waals surface area contributed by atoms with Crippen LogP contribution in [0.25, 0.3) is 0 Å². The van der Waals surface area contributed by atoms with E-state index in [1.165, 1.54) is 30.3 Å². The van der Waals surface area contributed by atoms with Crippen molar-refractivity contribution >= 4 is 11.6 Å². The van der Waals surface area contributed by atoms with Crippen LogP contribution < -0.4 is 18.9 Å². The molecule has 0 saturated carbocycles. The van der Waals surface area contributed by atoms with Gasteiger partial charge in [-0.3, -0.25) is 0 Å². The molecule has 0 aliphatic carbocycles. The lowest BCUT2D eigenvalue weighted by molar-refractivity contribution is -0.287. The molecule has 2 aromatic carbocycles. The second-order valence-corrected chi connectivity index (χ2v) is 5.46. The maximum atomic E-state index is 12.5. The van der Waals surface area contributed by atoms with Gasteiger partial charge in [-0.25, -0.2) is 0 Å². The summed E-state index contributed by atoms with van der Waals surface area (Å²) in [5, 5.41) is 8.72. The molecular weight excluding hydrogens is 384 g/mol. The molecule has 1 N–H and O–H groups in total. The van der Waals surface area contributed by atoms with Gasteiger partial charge in [-0.2, -0.15) is 0 Å². The fraction of sp³-hybridized carbons (Fsp3) is 0.250. The van der Waals surface area contributed by atoms with E-state index in [1.54, 1.807) is 6.07 Å². The first-order valence-electron chi connectivity index (χ1n) is 7.16. The van der Waals surface area contributed by atoms with Crippen molar-refractivity contribution in [1.29, 1.82) is 0 Å². The number of ether oxygens (including phenoxy) is 4. The number of aliphatic hydroxyl groups is 1. The lowest BCUT2D eigenvalue weighted by Crippen LogP contribution is -2.25. The van der Waals surface area contributed by atoms with Crippen molar-refractivity contribution < 1.29 is 41.6 Å². The second kappa shape index (κ2) is 6.73. The van der Waals surface area contributed by atoms with E-state index in [2.05, 4.69) is 18.9 Å². The van der Waals surface area contributed by atoms with Gasteiger partial charge in [0.05, 0.1) is 6.61 Å². The Morgan fingerprint density at radius 3 is 1.62 bits per heavy atom. The number of halogens is 5. The molecule has 0 radical (unpaired) electrons. The predicted molar refractivity (Wildman–Crippen MR) is 80.8 cm³/mol. The van der Waals surface area contributed by atoms with E-state index in [1.807, 2.05) is 0 Å². The molecule has 2 heterocycles. The van der Waals surface area contributed by atoms with Crippen LogP contribution in [0.3, 0.4) is 0 Å². The summed E-state index contributed by atoms with van der Waals surface area (Å²) < 4.78 is 66.7. The number of benzene rings is 2. The first kappa shape index (κ1) is 18.4. The lowest BCUT2D eigenvalue weighted by Gasteiger charge is -2.04. The maximum Gasteiger partial charge on any atom is 0.586 e. The smallest absolute Gasteiger partial charge is 0.395 e. The van der Waals surface area contributed by atoms with Crippen LogP contribution in [-0.4, -0.2) is 17.7 Å². The Labute approximate surface area is 149 Å². The van der Waals surface area contributed by atoms with Crippen molar-refractivity contribution in [2.24, 2.45) is 0 Å². The van der Waals surface area contributed by atoms with Crippen LogP contribution in [0, 0.1) is 0 Å². The van der Waals surface area contributed by atoms with E-state index in [4.69, 9.17) is 16.7 Å². The van der Waals surface area contributed by atoms with Gasteiger partial charge in [-0.1, -0.05) is 12.1 Å². The number of rotatable bonds is 2. The van der Waals surface area contributed by atoms with E-state index in [9.17, 15) is 17.6 Å². The molecule has 0 aromatic heterocycles. The van der Waals surface area contributed by atoms with Crippen LogP contribution >= 0.6 is 11.6 Å². The molecule has 2 aliphatic heterocycles. The Bertz CT molecular complexity index is 748. The summed E-state index contributed by atoms with van der Waals surface area (Å²) in [4.78, 5) is 0. The van der Waals surface area contributed by atoms with Gasteiger partial charge in [0.15, 0.2) is 23.0 Å². The Balaban J connectivity index is 0.000000151. The summed E-state index contributed by atoms with van der Waals surface area (Å²) >= 11 is 5.52. The van der Waals surface area contributed by atoms with Crippen molar-refractivity contribution in [3.05, 3.63) is 47.5 Å². The molecule has 0 bridgehead atoms. The van der Waals surface area contributed by atoms with Gasteiger partial charge in [0.25, 0.3) is 0 Å². The van der Waals surface area contributed by atoms with Crippen molar-refractivity contribution in [3.8, 4) is 23.0 Å². The highest BCUT2D eigenvalue weighted by Crippen LogP contribution is 2.42. The summed E-state index contributed by atoms with van der Waals surface area (Å²) in [6.45, 7) is -0.220. The van der Waals surface area contributed by atoms with Gasteiger partial charge in [-0.05, 0) is 35.4 Å². The Morgan fingerprint density at radius 2 is 1.15 bits per heavy atom. The lowest BCUT2D eigenvalue weighted by atomic mass is 10.2. The van der Waals surface area contributed by atoms with Gasteiger partial charge in [-0.15, -0.1) is 29.2 Å². The third-order valence-electron chi connectivity index (χ3n) is 3.27. The molecule has 26 heavy (non-hydrogen) atoms. The van der Waals surface area contributed by atoms with E-state index in [0.717, 1.165) is 0 Å². The van der Waals surface area contributed by atoms with Crippen LogP contribution in [-0.2, 0) is 12.5 Å². The molecule has 0 saturated heterocycles. The first-order chi connectivity index (χ1) is 12.2. The van der Waals surface area contributed by atoms with Crippen molar-refractivity contribution in [1.82, 2.24) is 0 Å². The molecule has 2 aliphatic rings. The Kier molecular flexibility index (Phi) is 4.76. The van der Waals surface area contributed by atoms with Gasteiger partial charge in [0.2, 0.25) is 0 Å². The summed E-state index contributed by atoms with van der Waals surface area (Å²) in [5.74, 6) is 0.267. The zero-order valence-electron chi connectivity index (χ0n) is 12.8. The number of fused-ring (bicyclic) bond motifs is 2. The molecule has 0 amide bonds. The zero-order chi connectivity index (χ0) is 18.9. The molecule has 10 heteroatoms. The monoisotopic (exact) mass is 394 g/mol. The van der Waals surface area contributed by atoms with Crippen molar-refractivity contribution in [2.75, 3.05) is 0 Å². The van der Waals surface area contributed by atoms with Gasteiger partial charge >= 0.3 is 12.6 Å². The summed E-state index contributed by atoms with van der Waals surface area (Å²) in [6.07, 6.45) is -7.14. The summed E-state index contributed by atoms with van der Waals surface area (Å²) in [7, 11) is 0. The highest BCUT2D eigenvalue weighted by Gasteiger charge is 2.44. The van der Waals surface area contributed by atoms with Crippen LogP contribution in [0.5, 0.6) is 23.0 Å². The second-order valence-electron chi connectivity index (χ2n) is 5.19. The minimum Gasteiger partial charge on any atom is -0.395 e. The van der Waals surface area contributed by atoms with E-state index >= 15 is 0 Å². The number of hydrogen-bond donors (Lipinski definition) is 1. The fourth-order valence-electron chi connectivity index (χ4n) is 2.17. The summed E-state index contributed by atoms with van der Waals surface area (Å²) in [6, 6.07) is 8.59. The van der Waals surface area contributed by atoms with E-state index in [0.29, 0.717) is 11.1 Å². The van der Waals surface area contributed by atoms with E-state index in [-0.39, 0.29) is 35.5 Å². The number of aliphatic hydroxyl groups excluding tert-OH is 1. The predicted octanol–water partition coefficient (Wildman–Crippen LogP) is 4.25. The molecule has 5 nitrogen and oxygen atoms in total. The third-order valence-corrected chi connectivity index (χ3v) is 3.58. The maximum absolute atomic E-state index is 12.5. The highest BCUT2D eigenvalue weighted by molar-refractivity contribution is 6.17. The minimum absolute atomic E-state index is 0.0119. The average molecular weight is 395 g/mol. The van der Waals surface area contributed by atoms with Crippen molar-refractivity contribution in [3.63, 3.8) is 0 Å². The first-order valence-corrected chi connectivity index (χ1v) is 7.69. The van der Waals surface area contributed by atoms with E-state index < -0.39 is 12.6 Å². The minimum atomic E-state index is -3.59. The SMILES string of the molecule is FC1(F)Oc2ccc(CCl)cc2O1.OCc1ccc2c(c1)OC(F)(F)O2. The molecule has 0 unspecified atom stereocenters. The standard InChI is InChI=1S/C8H5ClF2O2.C8H6F2O3/c9-4-5-1-2-6-7(3-5)13-8(10,11)12-6;9-8(10)12-6-2-1-5(4-11)3-7(6)13-8/h1-3H,4H2;1-3,11H,4H2. The molecule has 2 aromatic rings. The molecule has 140 valence electrons. The Hall–Kier alpha value is -2.39. The Morgan fingerprint density at radius 1 is 0.731 bits per heavy atom. The van der Waals surface area contributed by atoms with Crippen LogP contribution in [0.4, 0.5) is 17.6 Å². The topological polar surface area (TPSA) is 57.2 Å². The summed E-state index contributed by atoms with van der Waals surface area (Å²) in [5.41, 5.74) is 1.21. The van der Waals surface area contributed by atoms with Crippen molar-refractivity contribution in [2.45, 2.75) is 25.1 Å². The van der Waals surface area contributed by atoms with Gasteiger partial charge in [0, 0.05) is 5.88 Å². The van der Waals surface area contributed by atoms with Crippen LogP contribution in [0.1, 0.15) is 11.1 Å². The molecule has 0 atom stereocenters. The third kappa shape index (κ3) is 4.05. The zero-order valence-corrected chi connectivity index (χ0v) is 13.6. The number of alkyl halides is 5. The largest absolute Gasteiger partial charge is 0.586 e. The average Bonchev–Trinajstić information content (AvgIpc) is 3.05. The number of hydrogen-bond acceptors (Lipinski definition) is 5. The fourth-order valence-corrected chi connectivity index (χ4v) is 2.33. The van der Waals surface area contributed by atoms with Crippen LogP contribution in [0.2, 0.25) is 0 Å². The van der Waals surface area contributed by atoms with Gasteiger partial charge in [0.1, 0.15) is 0 Å². The normalized spacial score (nSPS) is 17.5. The molecular formula is C16H11ClF4O5. The van der Waals surface area contributed by atoms with Gasteiger partial charge < -0.3 is 24.1 Å². The quantitative estimate of drug-likeness (QED) is 0.609.